The molecule has 2 fully saturated rings. The number of rotatable bonds is 4. The molecule has 110 valence electrons. The van der Waals surface area contributed by atoms with Gasteiger partial charge < -0.3 is 10.6 Å². The molecule has 0 aromatic heterocycles. The zero-order valence-electron chi connectivity index (χ0n) is 12.6. The van der Waals surface area contributed by atoms with Crippen molar-refractivity contribution in [1.82, 2.24) is 4.90 Å². The summed E-state index contributed by atoms with van der Waals surface area (Å²) >= 11 is 0. The van der Waals surface area contributed by atoms with E-state index < -0.39 is 0 Å². The van der Waals surface area contributed by atoms with Gasteiger partial charge in [0.1, 0.15) is 0 Å². The van der Waals surface area contributed by atoms with Gasteiger partial charge in [-0.25, -0.2) is 0 Å². The van der Waals surface area contributed by atoms with E-state index in [1.807, 2.05) is 0 Å². The highest BCUT2D eigenvalue weighted by atomic mass is 16.2. The summed E-state index contributed by atoms with van der Waals surface area (Å²) in [4.78, 5) is 14.9. The average molecular weight is 266 g/mol. The van der Waals surface area contributed by atoms with E-state index in [0.717, 1.165) is 12.5 Å². The van der Waals surface area contributed by atoms with Crippen LogP contribution in [0.2, 0.25) is 0 Å². The lowest BCUT2D eigenvalue weighted by molar-refractivity contribution is -0.138. The second-order valence-electron chi connectivity index (χ2n) is 6.73. The van der Waals surface area contributed by atoms with Gasteiger partial charge in [-0.2, -0.15) is 0 Å². The summed E-state index contributed by atoms with van der Waals surface area (Å²) in [6, 6.07) is 0.514. The minimum Gasteiger partial charge on any atom is -0.339 e. The maximum Gasteiger partial charge on any atom is 0.227 e. The van der Waals surface area contributed by atoms with Crippen LogP contribution in [0.25, 0.3) is 0 Å². The molecule has 0 bridgehead atoms. The van der Waals surface area contributed by atoms with Crippen molar-refractivity contribution in [2.75, 3.05) is 13.1 Å². The number of carbonyl (C=O) groups excluding carboxylic acids is 1. The molecule has 2 aliphatic rings. The van der Waals surface area contributed by atoms with Crippen molar-refractivity contribution in [2.45, 2.75) is 64.8 Å². The van der Waals surface area contributed by atoms with Crippen molar-refractivity contribution in [3.05, 3.63) is 0 Å². The molecule has 0 spiro atoms. The summed E-state index contributed by atoms with van der Waals surface area (Å²) in [6.07, 6.45) is 9.14. The average Bonchev–Trinajstić information content (AvgIpc) is 2.89. The Bertz CT molecular complexity index is 297. The van der Waals surface area contributed by atoms with Crippen molar-refractivity contribution in [2.24, 2.45) is 23.5 Å². The Morgan fingerprint density at radius 2 is 1.84 bits per heavy atom. The maximum atomic E-state index is 12.7. The molecule has 0 radical (unpaired) electrons. The van der Waals surface area contributed by atoms with E-state index in [-0.39, 0.29) is 5.92 Å². The van der Waals surface area contributed by atoms with Crippen molar-refractivity contribution < 1.29 is 4.79 Å². The fourth-order valence-corrected chi connectivity index (χ4v) is 3.95. The fraction of sp³-hybridized carbons (Fsp3) is 0.938. The Morgan fingerprint density at radius 3 is 2.42 bits per heavy atom. The Balaban J connectivity index is 2.02. The topological polar surface area (TPSA) is 46.3 Å². The lowest BCUT2D eigenvalue weighted by Crippen LogP contribution is -2.46. The second-order valence-corrected chi connectivity index (χ2v) is 6.73. The third-order valence-corrected chi connectivity index (χ3v) is 5.15. The monoisotopic (exact) mass is 266 g/mol. The molecule has 0 aromatic carbocycles. The summed E-state index contributed by atoms with van der Waals surface area (Å²) in [5, 5.41) is 0. The molecule has 2 rings (SSSR count). The van der Waals surface area contributed by atoms with Crippen LogP contribution in [-0.2, 0) is 4.79 Å². The third-order valence-electron chi connectivity index (χ3n) is 5.15. The van der Waals surface area contributed by atoms with E-state index in [9.17, 15) is 4.79 Å². The predicted molar refractivity (Wildman–Crippen MR) is 78.7 cm³/mol. The zero-order chi connectivity index (χ0) is 13.8. The summed E-state index contributed by atoms with van der Waals surface area (Å²) in [6.45, 7) is 5.68. The van der Waals surface area contributed by atoms with E-state index in [1.54, 1.807) is 0 Å². The van der Waals surface area contributed by atoms with Gasteiger partial charge in [0.05, 0.1) is 5.92 Å². The van der Waals surface area contributed by atoms with Crippen LogP contribution in [0.5, 0.6) is 0 Å². The molecule has 2 unspecified atom stereocenters. The smallest absolute Gasteiger partial charge is 0.227 e. The molecule has 3 heteroatoms. The molecule has 1 aliphatic heterocycles. The third kappa shape index (κ3) is 3.31. The number of nitrogens with zero attached hydrogens (tertiary/aromatic N) is 1. The number of hydrogen-bond donors (Lipinski definition) is 1. The van der Waals surface area contributed by atoms with Gasteiger partial charge in [0.15, 0.2) is 0 Å². The molecular formula is C16H30N2O. The van der Waals surface area contributed by atoms with Gasteiger partial charge in [-0.15, -0.1) is 0 Å². The summed E-state index contributed by atoms with van der Waals surface area (Å²) in [5.41, 5.74) is 5.82. The molecule has 1 heterocycles. The first-order valence-electron chi connectivity index (χ1n) is 8.15. The van der Waals surface area contributed by atoms with Gasteiger partial charge in [-0.3, -0.25) is 4.79 Å². The molecule has 3 nitrogen and oxygen atoms in total. The zero-order valence-corrected chi connectivity index (χ0v) is 12.6. The molecule has 1 saturated heterocycles. The molecule has 19 heavy (non-hydrogen) atoms. The SMILES string of the molecule is CC(C)C(CN)C(=O)N1CCCC1C1CCCCC1. The fourth-order valence-electron chi connectivity index (χ4n) is 3.95. The number of nitrogens with two attached hydrogens (primary N) is 1. The molecule has 1 amide bonds. The van der Waals surface area contributed by atoms with Crippen molar-refractivity contribution in [3.8, 4) is 0 Å². The van der Waals surface area contributed by atoms with E-state index >= 15 is 0 Å². The van der Waals surface area contributed by atoms with Gasteiger partial charge in [0.2, 0.25) is 5.91 Å². The molecule has 2 atom stereocenters. The highest BCUT2D eigenvalue weighted by Crippen LogP contribution is 2.35. The quantitative estimate of drug-likeness (QED) is 0.850. The maximum absolute atomic E-state index is 12.7. The first kappa shape index (κ1) is 14.8. The minimum absolute atomic E-state index is 0.0178. The van der Waals surface area contributed by atoms with Crippen LogP contribution in [-0.4, -0.2) is 29.9 Å². The number of likely N-dealkylation sites (tertiary alicyclic amines) is 1. The highest BCUT2D eigenvalue weighted by Gasteiger charge is 2.37. The summed E-state index contributed by atoms with van der Waals surface area (Å²) in [5.74, 6) is 1.45. The van der Waals surface area contributed by atoms with Gasteiger partial charge >= 0.3 is 0 Å². The van der Waals surface area contributed by atoms with Crippen molar-refractivity contribution >= 4 is 5.91 Å². The largest absolute Gasteiger partial charge is 0.339 e. The highest BCUT2D eigenvalue weighted by molar-refractivity contribution is 5.80. The Kier molecular flexibility index (Phi) is 5.26. The summed E-state index contributed by atoms with van der Waals surface area (Å²) < 4.78 is 0. The Labute approximate surface area is 117 Å². The van der Waals surface area contributed by atoms with E-state index in [4.69, 9.17) is 5.73 Å². The number of amides is 1. The van der Waals surface area contributed by atoms with Crippen LogP contribution in [0.3, 0.4) is 0 Å². The Morgan fingerprint density at radius 1 is 1.16 bits per heavy atom. The molecule has 1 aliphatic carbocycles. The minimum atomic E-state index is 0.0178. The first-order valence-corrected chi connectivity index (χ1v) is 8.15. The Hall–Kier alpha value is -0.570. The number of carbonyl (C=O) groups is 1. The number of hydrogen-bond acceptors (Lipinski definition) is 2. The molecule has 2 N–H and O–H groups in total. The van der Waals surface area contributed by atoms with E-state index in [1.165, 1.54) is 44.9 Å². The van der Waals surface area contributed by atoms with Crippen LogP contribution in [0, 0.1) is 17.8 Å². The van der Waals surface area contributed by atoms with Crippen LogP contribution >= 0.6 is 0 Å². The molecular weight excluding hydrogens is 236 g/mol. The molecule has 0 aromatic rings. The second kappa shape index (κ2) is 6.74. The predicted octanol–water partition coefficient (Wildman–Crippen LogP) is 2.79. The lowest BCUT2D eigenvalue weighted by atomic mass is 9.82. The molecule has 1 saturated carbocycles. The standard InChI is InChI=1S/C16H30N2O/c1-12(2)14(11-17)16(19)18-10-6-9-15(18)13-7-4-3-5-8-13/h12-15H,3-11,17H2,1-2H3. The van der Waals surface area contributed by atoms with Gasteiger partial charge in [0.25, 0.3) is 0 Å². The van der Waals surface area contributed by atoms with E-state index in [2.05, 4.69) is 18.7 Å². The van der Waals surface area contributed by atoms with Crippen molar-refractivity contribution in [3.63, 3.8) is 0 Å². The normalized spacial score (nSPS) is 26.9. The van der Waals surface area contributed by atoms with Crippen LogP contribution < -0.4 is 5.73 Å². The summed E-state index contributed by atoms with van der Waals surface area (Å²) in [7, 11) is 0. The van der Waals surface area contributed by atoms with Crippen LogP contribution in [0.1, 0.15) is 58.8 Å². The van der Waals surface area contributed by atoms with Crippen molar-refractivity contribution in [1.29, 1.82) is 0 Å². The van der Waals surface area contributed by atoms with Crippen LogP contribution in [0.4, 0.5) is 0 Å². The van der Waals surface area contributed by atoms with Gasteiger partial charge in [0, 0.05) is 19.1 Å². The van der Waals surface area contributed by atoms with Gasteiger partial charge in [-0.1, -0.05) is 33.1 Å². The van der Waals surface area contributed by atoms with E-state index in [0.29, 0.717) is 24.4 Å². The van der Waals surface area contributed by atoms with Gasteiger partial charge in [-0.05, 0) is 37.5 Å². The first-order chi connectivity index (χ1) is 9.15. The van der Waals surface area contributed by atoms with Crippen LogP contribution in [0.15, 0.2) is 0 Å². The lowest BCUT2D eigenvalue weighted by Gasteiger charge is -2.36.